The van der Waals surface area contributed by atoms with Gasteiger partial charge in [0.05, 0.1) is 5.56 Å². The summed E-state index contributed by atoms with van der Waals surface area (Å²) in [7, 11) is 0. The zero-order valence-electron chi connectivity index (χ0n) is 13.9. The molecular formula is C21H18F3NO. The van der Waals surface area contributed by atoms with Crippen LogP contribution in [-0.4, -0.2) is 5.11 Å². The van der Waals surface area contributed by atoms with Gasteiger partial charge in [-0.1, -0.05) is 48.5 Å². The second-order valence-electron chi connectivity index (χ2n) is 6.01. The predicted molar refractivity (Wildman–Crippen MR) is 95.5 cm³/mol. The van der Waals surface area contributed by atoms with Crippen LogP contribution in [0, 0.1) is 0 Å². The highest BCUT2D eigenvalue weighted by molar-refractivity contribution is 5.65. The van der Waals surface area contributed by atoms with Gasteiger partial charge in [0.15, 0.2) is 0 Å². The predicted octanol–water partition coefficient (Wildman–Crippen LogP) is 5.37. The van der Waals surface area contributed by atoms with Crippen molar-refractivity contribution in [3.05, 3.63) is 89.5 Å². The maximum atomic E-state index is 12.6. The summed E-state index contributed by atoms with van der Waals surface area (Å²) in [4.78, 5) is 0. The summed E-state index contributed by atoms with van der Waals surface area (Å²) in [6.45, 7) is 0.820. The largest absolute Gasteiger partial charge is 0.508 e. The maximum absolute atomic E-state index is 12.6. The average molecular weight is 357 g/mol. The molecule has 0 aliphatic heterocycles. The Morgan fingerprint density at radius 1 is 0.769 bits per heavy atom. The zero-order chi connectivity index (χ0) is 18.6. The van der Waals surface area contributed by atoms with Crippen LogP contribution in [0.3, 0.4) is 0 Å². The summed E-state index contributed by atoms with van der Waals surface area (Å²) in [6.07, 6.45) is -4.32. The van der Waals surface area contributed by atoms with Crippen molar-refractivity contribution < 1.29 is 18.3 Å². The number of phenols is 1. The van der Waals surface area contributed by atoms with E-state index in [0.717, 1.165) is 34.4 Å². The molecule has 5 heteroatoms. The standard InChI is InChI=1S/C21H18F3NO/c22-21(23,24)19-9-6-15(7-10-19)13-25-14-18-12-17(8-11-20(18)26)16-4-2-1-3-5-16/h1-12,25-26H,13-14H2. The van der Waals surface area contributed by atoms with Gasteiger partial charge in [0.25, 0.3) is 0 Å². The van der Waals surface area contributed by atoms with Crippen molar-refractivity contribution in [1.82, 2.24) is 5.32 Å². The molecule has 0 radical (unpaired) electrons. The van der Waals surface area contributed by atoms with E-state index < -0.39 is 11.7 Å². The third-order valence-electron chi connectivity index (χ3n) is 4.11. The Bertz CT molecular complexity index is 859. The van der Waals surface area contributed by atoms with E-state index in [2.05, 4.69) is 5.32 Å². The number of alkyl halides is 3. The van der Waals surface area contributed by atoms with Gasteiger partial charge in [-0.05, 0) is 41.0 Å². The number of phenolic OH excluding ortho intramolecular Hbond substituents is 1. The Kier molecular flexibility index (Phi) is 5.28. The van der Waals surface area contributed by atoms with Crippen LogP contribution in [0.1, 0.15) is 16.7 Å². The molecule has 0 aliphatic rings. The Morgan fingerprint density at radius 2 is 1.46 bits per heavy atom. The Hall–Kier alpha value is -2.79. The molecule has 0 heterocycles. The van der Waals surface area contributed by atoms with Gasteiger partial charge in [-0.25, -0.2) is 0 Å². The molecule has 0 amide bonds. The lowest BCUT2D eigenvalue weighted by atomic mass is 10.0. The van der Waals surface area contributed by atoms with E-state index in [0.29, 0.717) is 13.1 Å². The van der Waals surface area contributed by atoms with Crippen LogP contribution in [0.15, 0.2) is 72.8 Å². The normalized spacial score (nSPS) is 11.5. The zero-order valence-corrected chi connectivity index (χ0v) is 13.9. The number of aromatic hydroxyl groups is 1. The molecule has 3 aromatic rings. The minimum Gasteiger partial charge on any atom is -0.508 e. The summed E-state index contributed by atoms with van der Waals surface area (Å²) in [5, 5.41) is 13.2. The number of halogens is 3. The SMILES string of the molecule is Oc1ccc(-c2ccccc2)cc1CNCc1ccc(C(F)(F)F)cc1. The smallest absolute Gasteiger partial charge is 0.416 e. The second kappa shape index (κ2) is 7.62. The fraction of sp³-hybridized carbons (Fsp3) is 0.143. The van der Waals surface area contributed by atoms with Crippen molar-refractivity contribution in [2.45, 2.75) is 19.3 Å². The number of hydrogen-bond donors (Lipinski definition) is 2. The molecule has 3 rings (SSSR count). The average Bonchev–Trinajstić information content (AvgIpc) is 2.64. The van der Waals surface area contributed by atoms with Crippen molar-refractivity contribution in [3.8, 4) is 16.9 Å². The molecule has 0 saturated carbocycles. The van der Waals surface area contributed by atoms with Crippen LogP contribution in [0.4, 0.5) is 13.2 Å². The lowest BCUT2D eigenvalue weighted by Crippen LogP contribution is -2.13. The Morgan fingerprint density at radius 3 is 2.12 bits per heavy atom. The molecule has 0 aromatic heterocycles. The highest BCUT2D eigenvalue weighted by Gasteiger charge is 2.29. The molecule has 0 bridgehead atoms. The first-order chi connectivity index (χ1) is 12.4. The van der Waals surface area contributed by atoms with Crippen LogP contribution in [0.2, 0.25) is 0 Å². The molecule has 134 valence electrons. The molecule has 0 spiro atoms. The molecule has 0 saturated heterocycles. The summed E-state index contributed by atoms with van der Waals surface area (Å²) >= 11 is 0. The highest BCUT2D eigenvalue weighted by Crippen LogP contribution is 2.29. The number of rotatable bonds is 5. The minimum atomic E-state index is -4.32. The molecule has 0 unspecified atom stereocenters. The lowest BCUT2D eigenvalue weighted by Gasteiger charge is -2.11. The number of benzene rings is 3. The van der Waals surface area contributed by atoms with Crippen molar-refractivity contribution in [2.75, 3.05) is 0 Å². The first-order valence-electron chi connectivity index (χ1n) is 8.17. The van der Waals surface area contributed by atoms with Crippen molar-refractivity contribution in [2.24, 2.45) is 0 Å². The first kappa shape index (κ1) is 18.0. The van der Waals surface area contributed by atoms with Gasteiger partial charge in [0.1, 0.15) is 5.75 Å². The lowest BCUT2D eigenvalue weighted by molar-refractivity contribution is -0.137. The van der Waals surface area contributed by atoms with Crippen LogP contribution in [-0.2, 0) is 19.3 Å². The molecule has 0 aliphatic carbocycles. The molecular weight excluding hydrogens is 339 g/mol. The maximum Gasteiger partial charge on any atom is 0.416 e. The molecule has 2 N–H and O–H groups in total. The Labute approximate surface area is 149 Å². The third-order valence-corrected chi connectivity index (χ3v) is 4.11. The van der Waals surface area contributed by atoms with Gasteiger partial charge in [0, 0.05) is 18.7 Å². The van der Waals surface area contributed by atoms with Crippen molar-refractivity contribution in [1.29, 1.82) is 0 Å². The topological polar surface area (TPSA) is 32.3 Å². The highest BCUT2D eigenvalue weighted by atomic mass is 19.4. The van der Waals surface area contributed by atoms with Gasteiger partial charge in [-0.15, -0.1) is 0 Å². The van der Waals surface area contributed by atoms with Crippen molar-refractivity contribution in [3.63, 3.8) is 0 Å². The van der Waals surface area contributed by atoms with Crippen LogP contribution in [0.5, 0.6) is 5.75 Å². The fourth-order valence-electron chi connectivity index (χ4n) is 2.69. The van der Waals surface area contributed by atoms with E-state index in [1.165, 1.54) is 12.1 Å². The molecule has 0 fully saturated rings. The molecule has 2 nitrogen and oxygen atoms in total. The summed E-state index contributed by atoms with van der Waals surface area (Å²) < 4.78 is 37.7. The second-order valence-corrected chi connectivity index (χ2v) is 6.01. The van der Waals surface area contributed by atoms with E-state index in [9.17, 15) is 18.3 Å². The summed E-state index contributed by atoms with van der Waals surface area (Å²) in [5.74, 6) is 0.185. The third kappa shape index (κ3) is 4.43. The quantitative estimate of drug-likeness (QED) is 0.644. The monoisotopic (exact) mass is 357 g/mol. The summed E-state index contributed by atoms with van der Waals surface area (Å²) in [5.41, 5.74) is 2.87. The van der Waals surface area contributed by atoms with Gasteiger partial charge < -0.3 is 10.4 Å². The van der Waals surface area contributed by atoms with Gasteiger partial charge in [-0.3, -0.25) is 0 Å². The molecule has 26 heavy (non-hydrogen) atoms. The molecule has 0 atom stereocenters. The van der Waals surface area contributed by atoms with Gasteiger partial charge in [-0.2, -0.15) is 13.2 Å². The van der Waals surface area contributed by atoms with E-state index >= 15 is 0 Å². The fourth-order valence-corrected chi connectivity index (χ4v) is 2.69. The number of nitrogens with one attached hydrogen (secondary N) is 1. The van der Waals surface area contributed by atoms with Gasteiger partial charge >= 0.3 is 6.18 Å². The first-order valence-corrected chi connectivity index (χ1v) is 8.17. The van der Waals surface area contributed by atoms with Crippen molar-refractivity contribution >= 4 is 0 Å². The summed E-state index contributed by atoms with van der Waals surface area (Å²) in [6, 6.07) is 20.3. The van der Waals surface area contributed by atoms with Crippen LogP contribution >= 0.6 is 0 Å². The van der Waals surface area contributed by atoms with E-state index in [1.54, 1.807) is 6.07 Å². The van der Waals surface area contributed by atoms with Crippen LogP contribution in [0.25, 0.3) is 11.1 Å². The van der Waals surface area contributed by atoms with Gasteiger partial charge in [0.2, 0.25) is 0 Å². The van der Waals surface area contributed by atoms with Crippen LogP contribution < -0.4 is 5.32 Å². The van der Waals surface area contributed by atoms with E-state index in [1.807, 2.05) is 42.5 Å². The van der Waals surface area contributed by atoms with E-state index in [-0.39, 0.29) is 5.75 Å². The van der Waals surface area contributed by atoms with E-state index in [4.69, 9.17) is 0 Å². The molecule has 3 aromatic carbocycles. The Balaban J connectivity index is 1.65. The number of hydrogen-bond acceptors (Lipinski definition) is 2. The minimum absolute atomic E-state index is 0.185.